The van der Waals surface area contributed by atoms with Gasteiger partial charge in [0.25, 0.3) is 0 Å². The number of anilines is 3. The monoisotopic (exact) mass is 383 g/mol. The molecule has 0 aliphatic rings. The standard InChI is InChI=1S/C18H18BrN5/c1-13-10-15(19)8-9-16(13)21-17-11-20-23-18(22-17)24(2)12-14-6-4-3-5-7-14/h3-11H,12H2,1-2H3,(H,21,22,23). The maximum absolute atomic E-state index is 4.56. The first kappa shape index (κ1) is 16.4. The molecular formula is C18H18BrN5. The second kappa shape index (κ2) is 7.40. The van der Waals surface area contributed by atoms with Gasteiger partial charge in [0.1, 0.15) is 0 Å². The van der Waals surface area contributed by atoms with Gasteiger partial charge in [-0.25, -0.2) is 0 Å². The van der Waals surface area contributed by atoms with Crippen LogP contribution in [0.25, 0.3) is 0 Å². The van der Waals surface area contributed by atoms with Gasteiger partial charge in [-0.2, -0.15) is 10.1 Å². The predicted molar refractivity (Wildman–Crippen MR) is 101 cm³/mol. The summed E-state index contributed by atoms with van der Waals surface area (Å²) >= 11 is 3.47. The molecule has 0 unspecified atom stereocenters. The largest absolute Gasteiger partial charge is 0.339 e. The summed E-state index contributed by atoms with van der Waals surface area (Å²) in [5.74, 6) is 1.25. The fourth-order valence-corrected chi connectivity index (χ4v) is 2.82. The van der Waals surface area contributed by atoms with Gasteiger partial charge in [-0.1, -0.05) is 46.3 Å². The van der Waals surface area contributed by atoms with E-state index in [9.17, 15) is 0 Å². The number of aryl methyl sites for hydroxylation is 1. The number of benzene rings is 2. The van der Waals surface area contributed by atoms with Gasteiger partial charge in [0, 0.05) is 23.8 Å². The van der Waals surface area contributed by atoms with Gasteiger partial charge in [0.05, 0.1) is 6.20 Å². The van der Waals surface area contributed by atoms with Crippen molar-refractivity contribution >= 4 is 33.4 Å². The molecule has 5 nitrogen and oxygen atoms in total. The van der Waals surface area contributed by atoms with Crippen LogP contribution >= 0.6 is 15.9 Å². The van der Waals surface area contributed by atoms with E-state index in [-0.39, 0.29) is 0 Å². The fourth-order valence-electron chi connectivity index (χ4n) is 2.35. The predicted octanol–water partition coefficient (Wildman–Crippen LogP) is 4.32. The summed E-state index contributed by atoms with van der Waals surface area (Å²) in [6, 6.07) is 16.3. The number of nitrogens with zero attached hydrogens (tertiary/aromatic N) is 4. The Balaban J connectivity index is 1.76. The molecule has 0 saturated heterocycles. The molecule has 0 atom stereocenters. The second-order valence-electron chi connectivity index (χ2n) is 5.57. The van der Waals surface area contributed by atoms with Crippen molar-refractivity contribution in [2.24, 2.45) is 0 Å². The Hall–Kier alpha value is -2.47. The summed E-state index contributed by atoms with van der Waals surface area (Å²) in [6.45, 7) is 2.77. The van der Waals surface area contributed by atoms with E-state index < -0.39 is 0 Å². The van der Waals surface area contributed by atoms with E-state index in [1.54, 1.807) is 6.20 Å². The molecule has 24 heavy (non-hydrogen) atoms. The highest BCUT2D eigenvalue weighted by Gasteiger charge is 2.08. The molecule has 0 aliphatic carbocycles. The van der Waals surface area contributed by atoms with E-state index in [2.05, 4.69) is 54.6 Å². The lowest BCUT2D eigenvalue weighted by atomic mass is 10.2. The van der Waals surface area contributed by atoms with Crippen LogP contribution in [0.5, 0.6) is 0 Å². The van der Waals surface area contributed by atoms with Gasteiger partial charge in [-0.15, -0.1) is 5.10 Å². The lowest BCUT2D eigenvalue weighted by molar-refractivity contribution is 0.831. The molecule has 0 saturated carbocycles. The summed E-state index contributed by atoms with van der Waals surface area (Å²) in [5.41, 5.74) is 3.32. The number of aromatic nitrogens is 3. The van der Waals surface area contributed by atoms with Gasteiger partial charge in [0.2, 0.25) is 5.95 Å². The van der Waals surface area contributed by atoms with Crippen molar-refractivity contribution in [1.29, 1.82) is 0 Å². The van der Waals surface area contributed by atoms with Crippen LogP contribution in [-0.2, 0) is 6.54 Å². The molecule has 0 fully saturated rings. The molecule has 0 radical (unpaired) electrons. The minimum absolute atomic E-state index is 0.582. The Morgan fingerprint density at radius 3 is 2.67 bits per heavy atom. The van der Waals surface area contributed by atoms with Crippen molar-refractivity contribution in [3.8, 4) is 0 Å². The molecular weight excluding hydrogens is 366 g/mol. The Kier molecular flexibility index (Phi) is 5.05. The molecule has 1 aromatic heterocycles. The molecule has 122 valence electrons. The van der Waals surface area contributed by atoms with Gasteiger partial charge in [0.15, 0.2) is 5.82 Å². The quantitative estimate of drug-likeness (QED) is 0.710. The van der Waals surface area contributed by atoms with E-state index in [1.165, 1.54) is 5.56 Å². The van der Waals surface area contributed by atoms with Crippen LogP contribution in [0.3, 0.4) is 0 Å². The van der Waals surface area contributed by atoms with E-state index >= 15 is 0 Å². The van der Waals surface area contributed by atoms with Gasteiger partial charge in [-0.05, 0) is 36.2 Å². The molecule has 3 rings (SSSR count). The molecule has 0 bridgehead atoms. The Morgan fingerprint density at radius 1 is 1.12 bits per heavy atom. The van der Waals surface area contributed by atoms with Crippen LogP contribution in [0.15, 0.2) is 59.2 Å². The van der Waals surface area contributed by atoms with Crippen LogP contribution in [0, 0.1) is 6.92 Å². The van der Waals surface area contributed by atoms with Crippen molar-refractivity contribution in [2.45, 2.75) is 13.5 Å². The zero-order valence-corrected chi connectivity index (χ0v) is 15.2. The normalized spacial score (nSPS) is 10.5. The van der Waals surface area contributed by atoms with E-state index in [0.29, 0.717) is 11.8 Å². The highest BCUT2D eigenvalue weighted by atomic mass is 79.9. The van der Waals surface area contributed by atoms with Crippen LogP contribution in [-0.4, -0.2) is 22.2 Å². The smallest absolute Gasteiger partial charge is 0.247 e. The second-order valence-corrected chi connectivity index (χ2v) is 6.48. The summed E-state index contributed by atoms with van der Waals surface area (Å²) in [4.78, 5) is 6.53. The van der Waals surface area contributed by atoms with Crippen LogP contribution in [0.1, 0.15) is 11.1 Å². The third-order valence-corrected chi connectivity index (χ3v) is 4.10. The first-order valence-corrected chi connectivity index (χ1v) is 8.39. The maximum atomic E-state index is 4.56. The van der Waals surface area contributed by atoms with Crippen molar-refractivity contribution in [2.75, 3.05) is 17.3 Å². The highest BCUT2D eigenvalue weighted by molar-refractivity contribution is 9.10. The molecule has 2 aromatic carbocycles. The van der Waals surface area contributed by atoms with Crippen LogP contribution in [0.2, 0.25) is 0 Å². The number of hydrogen-bond acceptors (Lipinski definition) is 5. The van der Waals surface area contributed by atoms with Crippen molar-refractivity contribution in [1.82, 2.24) is 15.2 Å². The Bertz CT molecular complexity index is 823. The number of nitrogens with one attached hydrogen (secondary N) is 1. The molecule has 0 spiro atoms. The zero-order valence-electron chi connectivity index (χ0n) is 13.6. The SMILES string of the molecule is Cc1cc(Br)ccc1Nc1cnnc(N(C)Cc2ccccc2)n1. The molecule has 0 amide bonds. The summed E-state index contributed by atoms with van der Waals surface area (Å²) in [6.07, 6.45) is 1.63. The van der Waals surface area contributed by atoms with Crippen molar-refractivity contribution < 1.29 is 0 Å². The number of halogens is 1. The van der Waals surface area contributed by atoms with Gasteiger partial charge in [-0.3, -0.25) is 0 Å². The van der Waals surface area contributed by atoms with Gasteiger partial charge >= 0.3 is 0 Å². The third-order valence-electron chi connectivity index (χ3n) is 3.60. The Morgan fingerprint density at radius 2 is 1.92 bits per heavy atom. The van der Waals surface area contributed by atoms with Crippen LogP contribution in [0.4, 0.5) is 17.5 Å². The Labute approximate surface area is 149 Å². The molecule has 1 N–H and O–H groups in total. The zero-order chi connectivity index (χ0) is 16.9. The summed E-state index contributed by atoms with van der Waals surface area (Å²) in [7, 11) is 1.96. The fraction of sp³-hybridized carbons (Fsp3) is 0.167. The van der Waals surface area contributed by atoms with E-state index in [1.807, 2.05) is 49.2 Å². The lowest BCUT2D eigenvalue weighted by Crippen LogP contribution is -2.20. The highest BCUT2D eigenvalue weighted by Crippen LogP contribution is 2.23. The molecule has 3 aromatic rings. The maximum Gasteiger partial charge on any atom is 0.247 e. The van der Waals surface area contributed by atoms with E-state index in [0.717, 1.165) is 22.3 Å². The summed E-state index contributed by atoms with van der Waals surface area (Å²) in [5, 5.41) is 11.5. The first-order chi connectivity index (χ1) is 11.6. The number of hydrogen-bond donors (Lipinski definition) is 1. The minimum atomic E-state index is 0.582. The van der Waals surface area contributed by atoms with Crippen molar-refractivity contribution in [3.05, 3.63) is 70.3 Å². The topological polar surface area (TPSA) is 53.9 Å². The number of rotatable bonds is 5. The average molecular weight is 384 g/mol. The first-order valence-electron chi connectivity index (χ1n) is 7.60. The molecule has 6 heteroatoms. The van der Waals surface area contributed by atoms with Crippen molar-refractivity contribution in [3.63, 3.8) is 0 Å². The van der Waals surface area contributed by atoms with Crippen LogP contribution < -0.4 is 10.2 Å². The molecule has 0 aliphatic heterocycles. The minimum Gasteiger partial charge on any atom is -0.339 e. The van der Waals surface area contributed by atoms with Gasteiger partial charge < -0.3 is 10.2 Å². The lowest BCUT2D eigenvalue weighted by Gasteiger charge is -2.17. The van der Waals surface area contributed by atoms with E-state index in [4.69, 9.17) is 0 Å². The molecule has 1 heterocycles. The summed E-state index contributed by atoms with van der Waals surface area (Å²) < 4.78 is 1.05. The average Bonchev–Trinajstić information content (AvgIpc) is 2.59. The third kappa shape index (κ3) is 4.08.